The van der Waals surface area contributed by atoms with Crippen molar-refractivity contribution in [3.05, 3.63) is 16.0 Å². The van der Waals surface area contributed by atoms with Crippen LogP contribution >= 0.6 is 23.1 Å². The molecule has 2 rings (SSSR count). The average molecular weight is 355 g/mol. The fourth-order valence-electron chi connectivity index (χ4n) is 2.79. The summed E-state index contributed by atoms with van der Waals surface area (Å²) in [6.45, 7) is 4.06. The smallest absolute Gasteiger partial charge is 0.251 e. The van der Waals surface area contributed by atoms with Crippen LogP contribution in [0.2, 0.25) is 0 Å². The average Bonchev–Trinajstić information content (AvgIpc) is 2.69. The van der Waals surface area contributed by atoms with E-state index in [1.165, 1.54) is 22.6 Å². The molecule has 0 bridgehead atoms. The van der Waals surface area contributed by atoms with Crippen molar-refractivity contribution in [3.63, 3.8) is 0 Å². The van der Waals surface area contributed by atoms with Crippen LogP contribution < -0.4 is 11.1 Å². The van der Waals surface area contributed by atoms with E-state index in [0.29, 0.717) is 10.6 Å². The third-order valence-electron chi connectivity index (χ3n) is 4.14. The minimum atomic E-state index is -0.425. The Labute approximate surface area is 146 Å². The van der Waals surface area contributed by atoms with Crippen LogP contribution in [0.15, 0.2) is 0 Å². The number of thiophene rings is 1. The molecule has 0 spiro atoms. The third-order valence-corrected chi connectivity index (χ3v) is 6.59. The number of nitrogens with one attached hydrogen (secondary N) is 1. The second-order valence-electron chi connectivity index (χ2n) is 5.99. The van der Waals surface area contributed by atoms with Crippen molar-refractivity contribution in [2.45, 2.75) is 64.0 Å². The van der Waals surface area contributed by atoms with Gasteiger partial charge in [0.15, 0.2) is 0 Å². The lowest BCUT2D eigenvalue weighted by atomic mass is 10.1. The van der Waals surface area contributed by atoms with Crippen molar-refractivity contribution < 1.29 is 9.59 Å². The van der Waals surface area contributed by atoms with Crippen LogP contribution in [0.25, 0.3) is 0 Å². The molecule has 1 unspecified atom stereocenters. The standard InChI is InChI=1S/C17H26N2O2S2/c1-3-4-10-22-11(2)16(21)19-17-14(15(18)20)12-8-6-5-7-9-13(12)23-17/h11H,3-10H2,1-2H3,(H2,18,20)(H,19,21). The summed E-state index contributed by atoms with van der Waals surface area (Å²) in [6.07, 6.45) is 7.53. The number of carbonyl (C=O) groups excluding carboxylic acids is 2. The zero-order chi connectivity index (χ0) is 16.8. The van der Waals surface area contributed by atoms with Gasteiger partial charge in [-0.2, -0.15) is 0 Å². The number of carbonyl (C=O) groups is 2. The summed E-state index contributed by atoms with van der Waals surface area (Å²) in [5.74, 6) is 0.519. The number of hydrogen-bond acceptors (Lipinski definition) is 4. The summed E-state index contributed by atoms with van der Waals surface area (Å²) in [6, 6.07) is 0. The van der Waals surface area contributed by atoms with Crippen LogP contribution in [0, 0.1) is 0 Å². The first-order chi connectivity index (χ1) is 11.0. The Morgan fingerprint density at radius 1 is 1.30 bits per heavy atom. The van der Waals surface area contributed by atoms with Gasteiger partial charge in [-0.05, 0) is 50.3 Å². The molecule has 1 aliphatic rings. The predicted molar refractivity (Wildman–Crippen MR) is 99.6 cm³/mol. The minimum Gasteiger partial charge on any atom is -0.365 e. The van der Waals surface area contributed by atoms with E-state index in [1.54, 1.807) is 11.8 Å². The van der Waals surface area contributed by atoms with E-state index in [0.717, 1.165) is 49.8 Å². The summed E-state index contributed by atoms with van der Waals surface area (Å²) >= 11 is 3.19. The number of nitrogens with two attached hydrogens (primary N) is 1. The van der Waals surface area contributed by atoms with Gasteiger partial charge >= 0.3 is 0 Å². The lowest BCUT2D eigenvalue weighted by molar-refractivity contribution is -0.115. The highest BCUT2D eigenvalue weighted by Crippen LogP contribution is 2.37. The quantitative estimate of drug-likeness (QED) is 0.575. The molecule has 4 nitrogen and oxygen atoms in total. The molecular weight excluding hydrogens is 328 g/mol. The van der Waals surface area contributed by atoms with E-state index in [2.05, 4.69) is 12.2 Å². The fraction of sp³-hybridized carbons (Fsp3) is 0.647. The molecule has 1 aliphatic carbocycles. The van der Waals surface area contributed by atoms with Crippen molar-refractivity contribution in [2.24, 2.45) is 5.73 Å². The molecule has 0 aliphatic heterocycles. The molecular formula is C17H26N2O2S2. The van der Waals surface area contributed by atoms with Crippen molar-refractivity contribution in [2.75, 3.05) is 11.1 Å². The molecule has 1 aromatic heterocycles. The van der Waals surface area contributed by atoms with Crippen LogP contribution in [0.1, 0.15) is 66.8 Å². The van der Waals surface area contributed by atoms with E-state index < -0.39 is 5.91 Å². The minimum absolute atomic E-state index is 0.0370. The molecule has 0 saturated carbocycles. The van der Waals surface area contributed by atoms with Gasteiger partial charge < -0.3 is 11.1 Å². The fourth-order valence-corrected chi connectivity index (χ4v) is 5.10. The van der Waals surface area contributed by atoms with Gasteiger partial charge in [0.2, 0.25) is 5.91 Å². The van der Waals surface area contributed by atoms with Crippen molar-refractivity contribution in [1.29, 1.82) is 0 Å². The molecule has 1 heterocycles. The summed E-state index contributed by atoms with van der Waals surface area (Å²) < 4.78 is 0. The van der Waals surface area contributed by atoms with Crippen LogP contribution in [-0.2, 0) is 17.6 Å². The maximum atomic E-state index is 12.4. The SMILES string of the molecule is CCCCSC(C)C(=O)Nc1sc2c(c1C(N)=O)CCCCC2. The molecule has 0 saturated heterocycles. The van der Waals surface area contributed by atoms with Gasteiger partial charge in [-0.3, -0.25) is 9.59 Å². The van der Waals surface area contributed by atoms with E-state index >= 15 is 0 Å². The summed E-state index contributed by atoms with van der Waals surface area (Å²) in [7, 11) is 0. The Hall–Kier alpha value is -1.01. The molecule has 2 amide bonds. The van der Waals surface area contributed by atoms with E-state index in [1.807, 2.05) is 6.92 Å². The second kappa shape index (κ2) is 8.73. The number of unbranched alkanes of at least 4 members (excludes halogenated alkanes) is 1. The maximum Gasteiger partial charge on any atom is 0.251 e. The van der Waals surface area contributed by atoms with E-state index in [-0.39, 0.29) is 11.2 Å². The monoisotopic (exact) mass is 354 g/mol. The highest BCUT2D eigenvalue weighted by atomic mass is 32.2. The van der Waals surface area contributed by atoms with Gasteiger partial charge in [0.25, 0.3) is 5.91 Å². The Morgan fingerprint density at radius 2 is 2.04 bits per heavy atom. The lowest BCUT2D eigenvalue weighted by Crippen LogP contribution is -2.24. The Bertz CT molecular complexity index is 569. The molecule has 0 fully saturated rings. The Balaban J connectivity index is 2.13. The predicted octanol–water partition coefficient (Wildman–Crippen LogP) is 3.98. The van der Waals surface area contributed by atoms with Crippen LogP contribution in [-0.4, -0.2) is 22.8 Å². The van der Waals surface area contributed by atoms with Gasteiger partial charge in [0.05, 0.1) is 10.8 Å². The van der Waals surface area contributed by atoms with Crippen molar-refractivity contribution >= 4 is 39.9 Å². The van der Waals surface area contributed by atoms with Crippen LogP contribution in [0.4, 0.5) is 5.00 Å². The number of amides is 2. The third kappa shape index (κ3) is 4.73. The van der Waals surface area contributed by atoms with Gasteiger partial charge in [-0.15, -0.1) is 23.1 Å². The first-order valence-electron chi connectivity index (χ1n) is 8.41. The van der Waals surface area contributed by atoms with E-state index in [4.69, 9.17) is 5.73 Å². The lowest BCUT2D eigenvalue weighted by Gasteiger charge is -2.12. The number of hydrogen-bond donors (Lipinski definition) is 2. The molecule has 1 aromatic rings. The number of thioether (sulfide) groups is 1. The molecule has 6 heteroatoms. The van der Waals surface area contributed by atoms with Gasteiger partial charge in [0.1, 0.15) is 5.00 Å². The maximum absolute atomic E-state index is 12.4. The Kier molecular flexibility index (Phi) is 6.96. The van der Waals surface area contributed by atoms with Gasteiger partial charge in [-0.25, -0.2) is 0 Å². The number of fused-ring (bicyclic) bond motifs is 1. The second-order valence-corrected chi connectivity index (χ2v) is 8.54. The number of anilines is 1. The number of aryl methyl sites for hydroxylation is 1. The first kappa shape index (κ1) is 18.3. The number of primary amides is 1. The molecule has 1 atom stereocenters. The molecule has 0 radical (unpaired) electrons. The van der Waals surface area contributed by atoms with Crippen LogP contribution in [0.5, 0.6) is 0 Å². The zero-order valence-electron chi connectivity index (χ0n) is 13.9. The summed E-state index contributed by atoms with van der Waals surface area (Å²) in [5.41, 5.74) is 7.21. The molecule has 128 valence electrons. The number of rotatable bonds is 7. The first-order valence-corrected chi connectivity index (χ1v) is 10.3. The zero-order valence-corrected chi connectivity index (χ0v) is 15.6. The summed E-state index contributed by atoms with van der Waals surface area (Å²) in [4.78, 5) is 25.5. The van der Waals surface area contributed by atoms with E-state index in [9.17, 15) is 9.59 Å². The van der Waals surface area contributed by atoms with Gasteiger partial charge in [0, 0.05) is 4.88 Å². The normalized spacial score (nSPS) is 15.6. The Morgan fingerprint density at radius 3 is 2.74 bits per heavy atom. The van der Waals surface area contributed by atoms with Crippen molar-refractivity contribution in [1.82, 2.24) is 0 Å². The summed E-state index contributed by atoms with van der Waals surface area (Å²) in [5, 5.41) is 3.48. The van der Waals surface area contributed by atoms with Gasteiger partial charge in [-0.1, -0.05) is 19.8 Å². The van der Waals surface area contributed by atoms with Crippen LogP contribution in [0.3, 0.4) is 0 Å². The topological polar surface area (TPSA) is 72.2 Å². The highest BCUT2D eigenvalue weighted by molar-refractivity contribution is 8.00. The highest BCUT2D eigenvalue weighted by Gasteiger charge is 2.25. The van der Waals surface area contributed by atoms with Crippen molar-refractivity contribution in [3.8, 4) is 0 Å². The molecule has 23 heavy (non-hydrogen) atoms. The molecule has 0 aromatic carbocycles. The largest absolute Gasteiger partial charge is 0.365 e. The molecule has 3 N–H and O–H groups in total.